The number of benzene rings is 3. The lowest BCUT2D eigenvalue weighted by Gasteiger charge is -2.18. The Morgan fingerprint density at radius 3 is 2.34 bits per heavy atom. The van der Waals surface area contributed by atoms with Crippen LogP contribution in [0.15, 0.2) is 66.7 Å². The van der Waals surface area contributed by atoms with Crippen LogP contribution in [0.1, 0.15) is 11.1 Å². The summed E-state index contributed by atoms with van der Waals surface area (Å²) in [5, 5.41) is 34.8. The molecule has 5 rings (SSSR count). The van der Waals surface area contributed by atoms with Crippen LogP contribution in [-0.2, 0) is 22.7 Å². The molecule has 5 aromatic rings. The minimum Gasteiger partial charge on any atom is -0.480 e. The van der Waals surface area contributed by atoms with Gasteiger partial charge < -0.3 is 14.8 Å². The Kier molecular flexibility index (Phi) is 5.94. The number of aromatic nitrogens is 5. The second-order valence-corrected chi connectivity index (χ2v) is 8.32. The van der Waals surface area contributed by atoms with Crippen molar-refractivity contribution in [3.63, 3.8) is 0 Å². The minimum atomic E-state index is -1.06. The van der Waals surface area contributed by atoms with Crippen molar-refractivity contribution in [2.45, 2.75) is 13.1 Å². The number of hydrogen-bond donors (Lipinski definition) is 3. The monoisotopic (exact) mass is 470 g/mol. The van der Waals surface area contributed by atoms with E-state index in [1.165, 1.54) is 4.90 Å². The topological polar surface area (TPSA) is 137 Å². The maximum absolute atomic E-state index is 11.2. The molecule has 0 aliphatic carbocycles. The summed E-state index contributed by atoms with van der Waals surface area (Å²) in [5.74, 6) is -1.59. The number of fused-ring (bicyclic) bond motifs is 3. The standard InChI is InChI=1S/C25H22N6O4/c32-23(33)14-30(15-24(34)35)12-16-4-3-5-17(10-16)13-31-21-7-2-1-6-19(21)20-11-18(8-9-22(20)31)25-26-28-29-27-25/h1-11H,12-15H2,(H,32,33)(H,34,35)(H,26,27,28,29). The maximum Gasteiger partial charge on any atom is 0.317 e. The summed E-state index contributed by atoms with van der Waals surface area (Å²) in [7, 11) is 0. The predicted molar refractivity (Wildman–Crippen MR) is 129 cm³/mol. The van der Waals surface area contributed by atoms with E-state index in [0.717, 1.165) is 38.5 Å². The van der Waals surface area contributed by atoms with Crippen molar-refractivity contribution in [2.75, 3.05) is 13.1 Å². The van der Waals surface area contributed by atoms with Crippen molar-refractivity contribution >= 4 is 33.7 Å². The average molecular weight is 470 g/mol. The SMILES string of the molecule is O=C(O)CN(CC(=O)O)Cc1cccc(Cn2c3ccccc3c3cc(-c4nn[nH]n4)ccc32)c1. The molecule has 10 heteroatoms. The predicted octanol–water partition coefficient (Wildman–Crippen LogP) is 2.99. The highest BCUT2D eigenvalue weighted by molar-refractivity contribution is 6.09. The number of rotatable bonds is 9. The number of tetrazole rings is 1. The first-order valence-electron chi connectivity index (χ1n) is 11.0. The van der Waals surface area contributed by atoms with Crippen molar-refractivity contribution in [3.8, 4) is 11.4 Å². The number of hydrogen-bond acceptors (Lipinski definition) is 6. The first kappa shape index (κ1) is 22.2. The molecule has 0 bridgehead atoms. The number of aromatic amines is 1. The van der Waals surface area contributed by atoms with Gasteiger partial charge in [0.25, 0.3) is 0 Å². The smallest absolute Gasteiger partial charge is 0.317 e. The minimum absolute atomic E-state index is 0.230. The van der Waals surface area contributed by atoms with Crippen molar-refractivity contribution < 1.29 is 19.8 Å². The summed E-state index contributed by atoms with van der Waals surface area (Å²) < 4.78 is 2.23. The highest BCUT2D eigenvalue weighted by atomic mass is 16.4. The summed E-state index contributed by atoms with van der Waals surface area (Å²) in [5.41, 5.74) is 4.88. The first-order valence-corrected chi connectivity index (χ1v) is 11.0. The fourth-order valence-electron chi connectivity index (χ4n) is 4.46. The first-order chi connectivity index (χ1) is 17.0. The van der Waals surface area contributed by atoms with Gasteiger partial charge in [0.2, 0.25) is 5.82 Å². The van der Waals surface area contributed by atoms with Gasteiger partial charge in [-0.3, -0.25) is 14.5 Å². The van der Waals surface area contributed by atoms with Gasteiger partial charge in [0.1, 0.15) is 0 Å². The molecule has 0 spiro atoms. The van der Waals surface area contributed by atoms with Gasteiger partial charge in [0.15, 0.2) is 0 Å². The van der Waals surface area contributed by atoms with Gasteiger partial charge >= 0.3 is 11.9 Å². The van der Waals surface area contributed by atoms with Gasteiger partial charge in [-0.15, -0.1) is 10.2 Å². The number of para-hydroxylation sites is 1. The van der Waals surface area contributed by atoms with Crippen molar-refractivity contribution in [1.82, 2.24) is 30.1 Å². The maximum atomic E-state index is 11.2. The van der Waals surface area contributed by atoms with Gasteiger partial charge in [-0.05, 0) is 40.6 Å². The fraction of sp³-hybridized carbons (Fsp3) is 0.160. The second-order valence-electron chi connectivity index (χ2n) is 8.32. The Labute approximate surface area is 199 Å². The van der Waals surface area contributed by atoms with E-state index in [9.17, 15) is 9.59 Å². The largest absolute Gasteiger partial charge is 0.480 e. The molecular weight excluding hydrogens is 448 g/mol. The highest BCUT2D eigenvalue weighted by Crippen LogP contribution is 2.32. The van der Waals surface area contributed by atoms with Gasteiger partial charge in [-0.1, -0.05) is 42.5 Å². The summed E-state index contributed by atoms with van der Waals surface area (Å²) in [4.78, 5) is 23.7. The number of aliphatic carboxylic acids is 2. The Hall–Kier alpha value is -4.57. The van der Waals surface area contributed by atoms with Crippen molar-refractivity contribution in [1.29, 1.82) is 0 Å². The molecule has 10 nitrogen and oxygen atoms in total. The molecule has 0 aliphatic heterocycles. The average Bonchev–Trinajstić information content (AvgIpc) is 3.46. The van der Waals surface area contributed by atoms with Gasteiger partial charge in [-0.25, -0.2) is 0 Å². The van der Waals surface area contributed by atoms with Crippen LogP contribution in [0.4, 0.5) is 0 Å². The van der Waals surface area contributed by atoms with E-state index in [4.69, 9.17) is 10.2 Å². The van der Waals surface area contributed by atoms with Crippen LogP contribution in [0.2, 0.25) is 0 Å². The number of carbonyl (C=O) groups is 2. The highest BCUT2D eigenvalue weighted by Gasteiger charge is 2.16. The van der Waals surface area contributed by atoms with Crippen LogP contribution < -0.4 is 0 Å². The number of carboxylic acids is 2. The molecule has 0 saturated carbocycles. The van der Waals surface area contributed by atoms with Crippen LogP contribution in [0.5, 0.6) is 0 Å². The van der Waals surface area contributed by atoms with Crippen LogP contribution in [0, 0.1) is 0 Å². The molecule has 0 aliphatic rings. The van der Waals surface area contributed by atoms with Crippen LogP contribution in [0.25, 0.3) is 33.2 Å². The zero-order valence-corrected chi connectivity index (χ0v) is 18.6. The third kappa shape index (κ3) is 4.73. The number of H-pyrrole nitrogens is 1. The third-order valence-corrected chi connectivity index (χ3v) is 5.83. The molecule has 176 valence electrons. The van der Waals surface area contributed by atoms with E-state index in [1.807, 2.05) is 48.5 Å². The molecule has 0 fully saturated rings. The van der Waals surface area contributed by atoms with E-state index in [0.29, 0.717) is 12.4 Å². The lowest BCUT2D eigenvalue weighted by atomic mass is 10.1. The number of nitrogens with one attached hydrogen (secondary N) is 1. The summed E-state index contributed by atoms with van der Waals surface area (Å²) in [6.45, 7) is 0.142. The lowest BCUT2D eigenvalue weighted by molar-refractivity contribution is -0.142. The zero-order valence-electron chi connectivity index (χ0n) is 18.6. The quantitative estimate of drug-likeness (QED) is 0.299. The molecule has 0 saturated heterocycles. The molecular formula is C25H22N6O4. The van der Waals surface area contributed by atoms with Crippen LogP contribution in [0.3, 0.4) is 0 Å². The van der Waals surface area contributed by atoms with Gasteiger partial charge in [0.05, 0.1) is 13.1 Å². The van der Waals surface area contributed by atoms with E-state index >= 15 is 0 Å². The zero-order chi connectivity index (χ0) is 24.4. The number of nitrogens with zero attached hydrogens (tertiary/aromatic N) is 5. The normalized spacial score (nSPS) is 11.5. The molecule has 2 aromatic heterocycles. The van der Waals surface area contributed by atoms with Crippen molar-refractivity contribution in [3.05, 3.63) is 77.9 Å². The van der Waals surface area contributed by atoms with E-state index in [-0.39, 0.29) is 19.6 Å². The molecule has 0 amide bonds. The van der Waals surface area contributed by atoms with Crippen molar-refractivity contribution in [2.24, 2.45) is 0 Å². The van der Waals surface area contributed by atoms with Crippen LogP contribution in [-0.4, -0.2) is 65.3 Å². The number of carboxylic acid groups (broad SMARTS) is 2. The van der Waals surface area contributed by atoms with Crippen LogP contribution >= 0.6 is 0 Å². The van der Waals surface area contributed by atoms with E-state index in [2.05, 4.69) is 43.4 Å². The summed E-state index contributed by atoms with van der Waals surface area (Å²) >= 11 is 0. The molecule has 35 heavy (non-hydrogen) atoms. The fourth-order valence-corrected chi connectivity index (χ4v) is 4.46. The molecule has 0 atom stereocenters. The Bertz CT molecular complexity index is 1510. The molecule has 0 unspecified atom stereocenters. The molecule has 0 radical (unpaired) electrons. The third-order valence-electron chi connectivity index (χ3n) is 5.83. The molecule has 3 N–H and O–H groups in total. The van der Waals surface area contributed by atoms with E-state index < -0.39 is 11.9 Å². The lowest BCUT2D eigenvalue weighted by Crippen LogP contribution is -2.34. The molecule has 2 heterocycles. The Morgan fingerprint density at radius 2 is 1.60 bits per heavy atom. The molecule has 3 aromatic carbocycles. The Balaban J connectivity index is 1.49. The van der Waals surface area contributed by atoms with E-state index in [1.54, 1.807) is 0 Å². The van der Waals surface area contributed by atoms with Gasteiger partial charge in [0, 0.05) is 40.5 Å². The summed E-state index contributed by atoms with van der Waals surface area (Å²) in [6, 6.07) is 22.0. The Morgan fingerprint density at radius 1 is 0.857 bits per heavy atom. The van der Waals surface area contributed by atoms with Gasteiger partial charge in [-0.2, -0.15) is 5.21 Å². The summed E-state index contributed by atoms with van der Waals surface area (Å²) in [6.07, 6.45) is 0. The second kappa shape index (κ2) is 9.35.